The first-order valence-corrected chi connectivity index (χ1v) is 12.2. The third kappa shape index (κ3) is 3.78. The molecule has 35 heavy (non-hydrogen) atoms. The molecule has 0 aromatic heterocycles. The van der Waals surface area contributed by atoms with Crippen LogP contribution >= 0.6 is 15.9 Å². The number of hydrogen-bond acceptors (Lipinski definition) is 6. The molecule has 8 nitrogen and oxygen atoms in total. The van der Waals surface area contributed by atoms with Crippen LogP contribution in [0.5, 0.6) is 5.75 Å². The number of carboxylic acids is 1. The van der Waals surface area contributed by atoms with Crippen LogP contribution in [0.4, 0.5) is 0 Å². The molecule has 1 fully saturated rings. The van der Waals surface area contributed by atoms with E-state index in [2.05, 4.69) is 15.9 Å². The van der Waals surface area contributed by atoms with Gasteiger partial charge in [0.15, 0.2) is 11.6 Å². The SMILES string of the molecule is O=C(O)CCCN1C(=O)C2CC=C3C(c4ccc(O)cc4)C4=C(CC3C2C1=O)C(=O)C(Br)=CC4=O. The zero-order valence-electron chi connectivity index (χ0n) is 18.6. The summed E-state index contributed by atoms with van der Waals surface area (Å²) >= 11 is 3.19. The van der Waals surface area contributed by atoms with Crippen LogP contribution in [0.2, 0.25) is 0 Å². The number of benzene rings is 1. The molecule has 1 aromatic rings. The minimum Gasteiger partial charge on any atom is -0.508 e. The van der Waals surface area contributed by atoms with Gasteiger partial charge in [-0.05, 0) is 58.8 Å². The highest BCUT2D eigenvalue weighted by atomic mass is 79.9. The number of carbonyl (C=O) groups is 5. The second-order valence-corrected chi connectivity index (χ2v) is 10.2. The van der Waals surface area contributed by atoms with Gasteiger partial charge in [0, 0.05) is 36.1 Å². The topological polar surface area (TPSA) is 129 Å². The highest BCUT2D eigenvalue weighted by Gasteiger charge is 2.56. The summed E-state index contributed by atoms with van der Waals surface area (Å²) in [4.78, 5) is 64.8. The summed E-state index contributed by atoms with van der Waals surface area (Å²) in [5.74, 6) is -4.43. The first-order chi connectivity index (χ1) is 16.7. The van der Waals surface area contributed by atoms with E-state index in [0.29, 0.717) is 23.1 Å². The van der Waals surface area contributed by atoms with Crippen LogP contribution < -0.4 is 0 Å². The molecule has 9 heteroatoms. The van der Waals surface area contributed by atoms with E-state index in [1.54, 1.807) is 12.1 Å². The van der Waals surface area contributed by atoms with E-state index in [9.17, 15) is 29.1 Å². The molecule has 2 N–H and O–H groups in total. The van der Waals surface area contributed by atoms with Gasteiger partial charge < -0.3 is 10.2 Å². The number of likely N-dealkylation sites (tertiary alicyclic amines) is 1. The smallest absolute Gasteiger partial charge is 0.303 e. The number of amides is 2. The van der Waals surface area contributed by atoms with E-state index in [1.807, 2.05) is 6.08 Å². The van der Waals surface area contributed by atoms with Gasteiger partial charge in [0.2, 0.25) is 11.8 Å². The van der Waals surface area contributed by atoms with Crippen LogP contribution in [0.3, 0.4) is 0 Å². The summed E-state index contributed by atoms with van der Waals surface area (Å²) in [6.45, 7) is 0.0417. The van der Waals surface area contributed by atoms with E-state index in [0.717, 1.165) is 10.5 Å². The number of fused-ring (bicyclic) bond motifs is 3. The maximum Gasteiger partial charge on any atom is 0.303 e. The average Bonchev–Trinajstić information content (AvgIpc) is 3.06. The number of hydrogen-bond donors (Lipinski definition) is 2. The Hall–Kier alpha value is -3.33. The van der Waals surface area contributed by atoms with Crippen LogP contribution in [-0.2, 0) is 24.0 Å². The van der Waals surface area contributed by atoms with Gasteiger partial charge in [-0.3, -0.25) is 28.9 Å². The van der Waals surface area contributed by atoms with Crippen molar-refractivity contribution in [1.82, 2.24) is 4.90 Å². The molecule has 0 radical (unpaired) electrons. The number of phenols is 1. The predicted molar refractivity (Wildman–Crippen MR) is 126 cm³/mol. The van der Waals surface area contributed by atoms with Crippen molar-refractivity contribution in [2.24, 2.45) is 17.8 Å². The fraction of sp³-hybridized carbons (Fsp3) is 0.346. The van der Waals surface area contributed by atoms with Crippen molar-refractivity contribution < 1.29 is 34.2 Å². The van der Waals surface area contributed by atoms with Gasteiger partial charge in [0.1, 0.15) is 5.75 Å². The fourth-order valence-electron chi connectivity index (χ4n) is 5.93. The number of carbonyl (C=O) groups excluding carboxylic acids is 4. The molecular formula is C26H22BrNO7. The number of Topliss-reactive ketones (excluding diaryl/α,β-unsaturated/α-hetero) is 1. The van der Waals surface area contributed by atoms with Crippen molar-refractivity contribution in [3.8, 4) is 5.75 Å². The second-order valence-electron chi connectivity index (χ2n) is 9.31. The molecule has 5 rings (SSSR count). The molecule has 3 aliphatic carbocycles. The summed E-state index contributed by atoms with van der Waals surface area (Å²) in [5.41, 5.74) is 2.26. The average molecular weight is 540 g/mol. The maximum absolute atomic E-state index is 13.4. The van der Waals surface area contributed by atoms with Gasteiger partial charge in [0.05, 0.1) is 16.3 Å². The monoisotopic (exact) mass is 539 g/mol. The third-order valence-electron chi connectivity index (χ3n) is 7.42. The zero-order chi connectivity index (χ0) is 25.0. The van der Waals surface area contributed by atoms with Crippen LogP contribution in [0, 0.1) is 17.8 Å². The van der Waals surface area contributed by atoms with E-state index >= 15 is 0 Å². The Balaban J connectivity index is 1.57. The quantitative estimate of drug-likeness (QED) is 0.334. The summed E-state index contributed by atoms with van der Waals surface area (Å²) < 4.78 is 0.162. The standard InChI is InChI=1S/C26H22BrNO7/c27-18-11-19(30)23-17(24(18)33)10-16-14(21(23)12-3-5-13(29)6-4-12)7-8-15-22(16)26(35)28(25(15)34)9-1-2-20(31)32/h3-7,11,15-16,21-22,29H,1-2,8-10H2,(H,31,32). The molecule has 1 aromatic carbocycles. The van der Waals surface area contributed by atoms with Crippen molar-refractivity contribution in [3.05, 3.63) is 63.2 Å². The van der Waals surface area contributed by atoms with Crippen molar-refractivity contribution in [2.75, 3.05) is 6.54 Å². The number of aromatic hydroxyl groups is 1. The lowest BCUT2D eigenvalue weighted by Crippen LogP contribution is -2.39. The van der Waals surface area contributed by atoms with Crippen LogP contribution in [0.25, 0.3) is 0 Å². The summed E-state index contributed by atoms with van der Waals surface area (Å²) in [6, 6.07) is 6.43. The van der Waals surface area contributed by atoms with Crippen LogP contribution in [0.15, 0.2) is 57.6 Å². The van der Waals surface area contributed by atoms with Crippen molar-refractivity contribution in [3.63, 3.8) is 0 Å². The maximum atomic E-state index is 13.4. The van der Waals surface area contributed by atoms with Crippen molar-refractivity contribution in [1.29, 1.82) is 0 Å². The number of ketones is 2. The van der Waals surface area contributed by atoms with Gasteiger partial charge in [-0.25, -0.2) is 0 Å². The Morgan fingerprint density at radius 3 is 2.46 bits per heavy atom. The van der Waals surface area contributed by atoms with Gasteiger partial charge in [-0.15, -0.1) is 0 Å². The molecule has 4 atom stereocenters. The van der Waals surface area contributed by atoms with E-state index in [-0.39, 0.29) is 59.4 Å². The number of carboxylic acid groups (broad SMARTS) is 1. The summed E-state index contributed by atoms with van der Waals surface area (Å²) in [5, 5.41) is 18.7. The number of phenolic OH excluding ortho intramolecular Hbond substituents is 1. The summed E-state index contributed by atoms with van der Waals surface area (Å²) in [7, 11) is 0. The normalized spacial score (nSPS) is 27.9. The lowest BCUT2D eigenvalue weighted by Gasteiger charge is -2.42. The Bertz CT molecular complexity index is 1270. The molecule has 180 valence electrons. The van der Waals surface area contributed by atoms with Crippen LogP contribution in [0.1, 0.15) is 37.2 Å². The van der Waals surface area contributed by atoms with Gasteiger partial charge in [-0.1, -0.05) is 23.8 Å². The Labute approximate surface area is 209 Å². The fourth-order valence-corrected chi connectivity index (χ4v) is 6.37. The number of rotatable bonds is 5. The lowest BCUT2D eigenvalue weighted by molar-refractivity contribution is -0.142. The summed E-state index contributed by atoms with van der Waals surface area (Å²) in [6.07, 6.45) is 3.73. The highest BCUT2D eigenvalue weighted by molar-refractivity contribution is 9.12. The molecular weight excluding hydrogens is 518 g/mol. The molecule has 0 spiro atoms. The Morgan fingerprint density at radius 2 is 1.77 bits per heavy atom. The first kappa shape index (κ1) is 23.4. The largest absolute Gasteiger partial charge is 0.508 e. The first-order valence-electron chi connectivity index (χ1n) is 11.4. The molecule has 0 saturated carbocycles. The van der Waals surface area contributed by atoms with E-state index in [4.69, 9.17) is 5.11 Å². The minimum atomic E-state index is -0.993. The highest BCUT2D eigenvalue weighted by Crippen LogP contribution is 2.55. The Kier molecular flexibility index (Phi) is 5.83. The number of allylic oxidation sites excluding steroid dienone is 6. The predicted octanol–water partition coefficient (Wildman–Crippen LogP) is 3.02. The molecule has 1 saturated heterocycles. The molecule has 1 heterocycles. The van der Waals surface area contributed by atoms with E-state index in [1.165, 1.54) is 18.2 Å². The van der Waals surface area contributed by atoms with Crippen molar-refractivity contribution >= 4 is 45.3 Å². The van der Waals surface area contributed by atoms with Gasteiger partial charge >= 0.3 is 5.97 Å². The third-order valence-corrected chi connectivity index (χ3v) is 8.01. The zero-order valence-corrected chi connectivity index (χ0v) is 20.2. The number of aliphatic carboxylic acids is 1. The van der Waals surface area contributed by atoms with Crippen LogP contribution in [-0.4, -0.2) is 51.0 Å². The lowest BCUT2D eigenvalue weighted by atomic mass is 9.59. The number of nitrogens with zero attached hydrogens (tertiary/aromatic N) is 1. The molecule has 0 bridgehead atoms. The minimum absolute atomic E-state index is 0.0417. The Morgan fingerprint density at radius 1 is 1.06 bits per heavy atom. The number of imide groups is 1. The van der Waals surface area contributed by atoms with E-state index < -0.39 is 29.6 Å². The van der Waals surface area contributed by atoms with Gasteiger partial charge in [0.25, 0.3) is 0 Å². The van der Waals surface area contributed by atoms with Crippen molar-refractivity contribution in [2.45, 2.75) is 31.6 Å². The molecule has 4 aliphatic rings. The molecule has 1 aliphatic heterocycles. The molecule has 2 amide bonds. The molecule has 4 unspecified atom stereocenters. The van der Waals surface area contributed by atoms with Gasteiger partial charge in [-0.2, -0.15) is 0 Å². The second kappa shape index (κ2) is 8.71. The number of halogens is 1.